The van der Waals surface area contributed by atoms with Gasteiger partial charge in [0.1, 0.15) is 0 Å². The molecule has 1 atom stereocenters. The van der Waals surface area contributed by atoms with E-state index in [9.17, 15) is 0 Å². The molecule has 1 heterocycles. The van der Waals surface area contributed by atoms with Crippen molar-refractivity contribution in [3.8, 4) is 0 Å². The summed E-state index contributed by atoms with van der Waals surface area (Å²) in [7, 11) is 0. The molecule has 0 amide bonds. The van der Waals surface area contributed by atoms with Crippen LogP contribution in [0.15, 0.2) is 0 Å². The Hall–Kier alpha value is -0.0800. The first-order valence-corrected chi connectivity index (χ1v) is 6.35. The van der Waals surface area contributed by atoms with Gasteiger partial charge in [0.2, 0.25) is 0 Å². The molecule has 15 heavy (non-hydrogen) atoms. The average Bonchev–Trinajstić information content (AvgIpc) is 2.61. The summed E-state index contributed by atoms with van der Waals surface area (Å²) in [5.74, 6) is 0.807. The van der Waals surface area contributed by atoms with Crippen LogP contribution >= 0.6 is 0 Å². The molecule has 1 saturated heterocycles. The minimum absolute atomic E-state index is 0.425. The molecule has 2 nitrogen and oxygen atoms in total. The maximum Gasteiger partial charge on any atom is 0.0535 e. The lowest BCUT2D eigenvalue weighted by molar-refractivity contribution is 0.138. The maximum absolute atomic E-state index is 5.59. The second kappa shape index (κ2) is 5.86. The van der Waals surface area contributed by atoms with E-state index in [0.29, 0.717) is 11.5 Å². The first-order chi connectivity index (χ1) is 7.04. The maximum atomic E-state index is 5.59. The molecule has 0 aromatic carbocycles. The summed E-state index contributed by atoms with van der Waals surface area (Å²) in [5, 5.41) is 3.57. The Morgan fingerprint density at radius 1 is 1.27 bits per heavy atom. The molecule has 0 aromatic rings. The summed E-state index contributed by atoms with van der Waals surface area (Å²) in [5.41, 5.74) is 0.425. The van der Waals surface area contributed by atoms with Gasteiger partial charge in [-0.25, -0.2) is 0 Å². The molecule has 90 valence electrons. The van der Waals surface area contributed by atoms with Crippen molar-refractivity contribution in [2.24, 2.45) is 11.3 Å². The zero-order chi connectivity index (χ0) is 11.3. The van der Waals surface area contributed by atoms with Crippen molar-refractivity contribution >= 4 is 0 Å². The quantitative estimate of drug-likeness (QED) is 0.732. The van der Waals surface area contributed by atoms with Crippen LogP contribution in [0.25, 0.3) is 0 Å². The second-order valence-corrected chi connectivity index (χ2v) is 5.77. The van der Waals surface area contributed by atoms with Crippen molar-refractivity contribution in [2.75, 3.05) is 19.8 Å². The van der Waals surface area contributed by atoms with Gasteiger partial charge >= 0.3 is 0 Å². The topological polar surface area (TPSA) is 21.3 Å². The molecule has 1 N–H and O–H groups in total. The van der Waals surface area contributed by atoms with Crippen LogP contribution in [-0.2, 0) is 4.74 Å². The van der Waals surface area contributed by atoms with Crippen LogP contribution in [0.2, 0.25) is 0 Å². The summed E-state index contributed by atoms with van der Waals surface area (Å²) >= 11 is 0. The Morgan fingerprint density at radius 2 is 2.00 bits per heavy atom. The lowest BCUT2D eigenvalue weighted by atomic mass is 9.80. The van der Waals surface area contributed by atoms with Crippen molar-refractivity contribution in [2.45, 2.75) is 53.0 Å². The van der Waals surface area contributed by atoms with E-state index in [4.69, 9.17) is 4.74 Å². The van der Waals surface area contributed by atoms with Gasteiger partial charge in [-0.3, -0.25) is 0 Å². The van der Waals surface area contributed by atoms with Crippen LogP contribution in [-0.4, -0.2) is 25.8 Å². The highest BCUT2D eigenvalue weighted by atomic mass is 16.5. The molecule has 0 bridgehead atoms. The van der Waals surface area contributed by atoms with E-state index in [2.05, 4.69) is 33.0 Å². The van der Waals surface area contributed by atoms with E-state index in [-0.39, 0.29) is 0 Å². The Morgan fingerprint density at radius 3 is 2.47 bits per heavy atom. The number of nitrogens with one attached hydrogen (secondary N) is 1. The smallest absolute Gasteiger partial charge is 0.0535 e. The third kappa shape index (κ3) is 4.52. The van der Waals surface area contributed by atoms with Crippen LogP contribution in [0, 0.1) is 11.3 Å². The van der Waals surface area contributed by atoms with Gasteiger partial charge in [0, 0.05) is 24.6 Å². The highest BCUT2D eigenvalue weighted by Crippen LogP contribution is 2.34. The summed E-state index contributed by atoms with van der Waals surface area (Å²) in [6, 6.07) is 0.585. The van der Waals surface area contributed by atoms with Crippen LogP contribution in [0.1, 0.15) is 47.0 Å². The standard InChI is InChI=1S/C13H27NO/c1-11(2)5-6-13(7-8-15-10-13)9-14-12(3)4/h11-12,14H,5-10H2,1-4H3. The molecule has 0 radical (unpaired) electrons. The van der Waals surface area contributed by atoms with Gasteiger partial charge in [-0.05, 0) is 18.8 Å². The average molecular weight is 213 g/mol. The Kier molecular flexibility index (Phi) is 5.07. The molecule has 1 fully saturated rings. The first kappa shape index (κ1) is 13.0. The molecule has 0 aromatic heterocycles. The molecule has 1 unspecified atom stereocenters. The molecular formula is C13H27NO. The highest BCUT2D eigenvalue weighted by Gasteiger charge is 2.34. The van der Waals surface area contributed by atoms with Crippen molar-refractivity contribution in [3.05, 3.63) is 0 Å². The summed E-state index contributed by atoms with van der Waals surface area (Å²) in [4.78, 5) is 0. The number of rotatable bonds is 6. The summed E-state index contributed by atoms with van der Waals surface area (Å²) in [6.07, 6.45) is 3.87. The molecule has 0 spiro atoms. The normalized spacial score (nSPS) is 26.8. The van der Waals surface area contributed by atoms with E-state index >= 15 is 0 Å². The third-order valence-electron chi connectivity index (χ3n) is 3.32. The molecule has 1 aliphatic heterocycles. The molecule has 0 aliphatic carbocycles. The largest absolute Gasteiger partial charge is 0.381 e. The minimum Gasteiger partial charge on any atom is -0.381 e. The fourth-order valence-corrected chi connectivity index (χ4v) is 2.09. The van der Waals surface area contributed by atoms with Crippen molar-refractivity contribution in [1.82, 2.24) is 5.32 Å². The highest BCUT2D eigenvalue weighted by molar-refractivity contribution is 4.86. The lowest BCUT2D eigenvalue weighted by Gasteiger charge is -2.29. The predicted molar refractivity (Wildman–Crippen MR) is 65.1 cm³/mol. The zero-order valence-electron chi connectivity index (χ0n) is 10.8. The molecule has 2 heteroatoms. The fraction of sp³-hybridized carbons (Fsp3) is 1.00. The van der Waals surface area contributed by atoms with Gasteiger partial charge in [0.25, 0.3) is 0 Å². The Balaban J connectivity index is 2.39. The Bertz CT molecular complexity index is 157. The van der Waals surface area contributed by atoms with E-state index in [0.717, 1.165) is 25.7 Å². The molecule has 0 saturated carbocycles. The molecular weight excluding hydrogens is 186 g/mol. The van der Waals surface area contributed by atoms with Crippen LogP contribution in [0.4, 0.5) is 0 Å². The van der Waals surface area contributed by atoms with Gasteiger partial charge in [0.05, 0.1) is 6.61 Å². The van der Waals surface area contributed by atoms with E-state index < -0.39 is 0 Å². The molecule has 1 aliphatic rings. The summed E-state index contributed by atoms with van der Waals surface area (Å²) in [6.45, 7) is 12.1. The van der Waals surface area contributed by atoms with Gasteiger partial charge < -0.3 is 10.1 Å². The van der Waals surface area contributed by atoms with Gasteiger partial charge in [-0.15, -0.1) is 0 Å². The van der Waals surface area contributed by atoms with Crippen LogP contribution in [0.3, 0.4) is 0 Å². The van der Waals surface area contributed by atoms with Crippen molar-refractivity contribution < 1.29 is 4.74 Å². The number of hydrogen-bond acceptors (Lipinski definition) is 2. The van der Waals surface area contributed by atoms with Crippen molar-refractivity contribution in [3.63, 3.8) is 0 Å². The van der Waals surface area contributed by atoms with E-state index in [1.807, 2.05) is 0 Å². The Labute approximate surface area is 94.8 Å². The predicted octanol–water partition coefficient (Wildman–Crippen LogP) is 2.83. The number of ether oxygens (including phenoxy) is 1. The number of hydrogen-bond donors (Lipinski definition) is 1. The van der Waals surface area contributed by atoms with E-state index in [1.165, 1.54) is 19.3 Å². The van der Waals surface area contributed by atoms with Gasteiger partial charge in [-0.1, -0.05) is 34.1 Å². The summed E-state index contributed by atoms with van der Waals surface area (Å²) < 4.78 is 5.59. The second-order valence-electron chi connectivity index (χ2n) is 5.77. The lowest BCUT2D eigenvalue weighted by Crippen LogP contribution is -2.38. The first-order valence-electron chi connectivity index (χ1n) is 6.35. The van der Waals surface area contributed by atoms with Crippen molar-refractivity contribution in [1.29, 1.82) is 0 Å². The third-order valence-corrected chi connectivity index (χ3v) is 3.32. The minimum atomic E-state index is 0.425. The van der Waals surface area contributed by atoms with Crippen LogP contribution in [0.5, 0.6) is 0 Å². The fourth-order valence-electron chi connectivity index (χ4n) is 2.09. The van der Waals surface area contributed by atoms with Gasteiger partial charge in [-0.2, -0.15) is 0 Å². The zero-order valence-corrected chi connectivity index (χ0v) is 10.8. The monoisotopic (exact) mass is 213 g/mol. The SMILES string of the molecule is CC(C)CCC1(CNC(C)C)CCOC1. The molecule has 1 rings (SSSR count). The van der Waals surface area contributed by atoms with Crippen LogP contribution < -0.4 is 5.32 Å². The van der Waals surface area contributed by atoms with Gasteiger partial charge in [0.15, 0.2) is 0 Å². The van der Waals surface area contributed by atoms with E-state index in [1.54, 1.807) is 0 Å².